The average Bonchev–Trinajstić information content (AvgIpc) is 3.18. The molecular weight excluding hydrogens is 517 g/mol. The Morgan fingerprint density at radius 3 is 2.53 bits per heavy atom. The standard InChI is InChI=1S/C25H30FN5O6S/c1-6-16(4)29-38(35,36)22-13-20(31(33)34)10-11-21(22)37-25-17(5)23(24(32)27-14-15(2)3)28-30(25)19-9-7-8-18(26)12-19/h7-13,15-16,29H,6,14H2,1-5H3,(H,27,32). The molecule has 0 bridgehead atoms. The van der Waals surface area contributed by atoms with E-state index in [0.717, 1.165) is 18.2 Å². The number of benzene rings is 2. The number of nitro benzene ring substituents is 1. The second-order valence-electron chi connectivity index (χ2n) is 9.20. The van der Waals surface area contributed by atoms with Gasteiger partial charge in [-0.2, -0.15) is 9.78 Å². The molecule has 0 spiro atoms. The van der Waals surface area contributed by atoms with Crippen LogP contribution in [0.5, 0.6) is 11.6 Å². The van der Waals surface area contributed by atoms with Crippen LogP contribution in [-0.2, 0) is 10.0 Å². The molecule has 0 aliphatic heterocycles. The number of non-ortho nitro benzene ring substituents is 1. The number of hydrogen-bond donors (Lipinski definition) is 2. The minimum atomic E-state index is -4.25. The van der Waals surface area contributed by atoms with Gasteiger partial charge < -0.3 is 10.1 Å². The van der Waals surface area contributed by atoms with Crippen LogP contribution in [0.15, 0.2) is 47.4 Å². The fourth-order valence-corrected chi connectivity index (χ4v) is 4.87. The van der Waals surface area contributed by atoms with Crippen LogP contribution in [0.2, 0.25) is 0 Å². The molecule has 1 aromatic heterocycles. The largest absolute Gasteiger partial charge is 0.437 e. The van der Waals surface area contributed by atoms with Crippen LogP contribution in [-0.4, -0.2) is 41.6 Å². The van der Waals surface area contributed by atoms with Gasteiger partial charge in [-0.1, -0.05) is 26.8 Å². The molecule has 13 heteroatoms. The first-order valence-electron chi connectivity index (χ1n) is 12.0. The summed E-state index contributed by atoms with van der Waals surface area (Å²) in [6.45, 7) is 9.23. The molecule has 204 valence electrons. The quantitative estimate of drug-likeness (QED) is 0.266. The number of aromatic nitrogens is 2. The molecule has 0 saturated carbocycles. The summed E-state index contributed by atoms with van der Waals surface area (Å²) in [5.74, 6) is -1.18. The highest BCUT2D eigenvalue weighted by molar-refractivity contribution is 7.89. The molecule has 3 rings (SSSR count). The van der Waals surface area contributed by atoms with Gasteiger partial charge in [0.25, 0.3) is 11.6 Å². The van der Waals surface area contributed by atoms with Gasteiger partial charge in [0.2, 0.25) is 15.9 Å². The van der Waals surface area contributed by atoms with E-state index in [-0.39, 0.29) is 34.5 Å². The minimum absolute atomic E-state index is 0.00559. The van der Waals surface area contributed by atoms with Crippen molar-refractivity contribution in [3.8, 4) is 17.3 Å². The maximum absolute atomic E-state index is 14.1. The fourth-order valence-electron chi connectivity index (χ4n) is 3.40. The summed E-state index contributed by atoms with van der Waals surface area (Å²) in [4.78, 5) is 23.1. The first-order valence-corrected chi connectivity index (χ1v) is 13.4. The third-order valence-electron chi connectivity index (χ3n) is 5.61. The first kappa shape index (κ1) is 28.7. The number of hydrogen-bond acceptors (Lipinski definition) is 7. The zero-order chi connectivity index (χ0) is 28.2. The first-order chi connectivity index (χ1) is 17.8. The lowest BCUT2D eigenvalue weighted by Gasteiger charge is -2.16. The Balaban J connectivity index is 2.19. The maximum Gasteiger partial charge on any atom is 0.272 e. The van der Waals surface area contributed by atoms with Gasteiger partial charge in [0.1, 0.15) is 16.5 Å². The van der Waals surface area contributed by atoms with Crippen LogP contribution < -0.4 is 14.8 Å². The van der Waals surface area contributed by atoms with E-state index in [4.69, 9.17) is 4.74 Å². The highest BCUT2D eigenvalue weighted by Gasteiger charge is 2.28. The van der Waals surface area contributed by atoms with E-state index in [2.05, 4.69) is 15.1 Å². The Morgan fingerprint density at radius 2 is 1.92 bits per heavy atom. The number of ether oxygens (including phenoxy) is 1. The van der Waals surface area contributed by atoms with Crippen LogP contribution in [0.4, 0.5) is 10.1 Å². The van der Waals surface area contributed by atoms with Crippen LogP contribution >= 0.6 is 0 Å². The molecule has 2 N–H and O–H groups in total. The second-order valence-corrected chi connectivity index (χ2v) is 10.9. The molecule has 0 radical (unpaired) electrons. The molecule has 3 aromatic rings. The Hall–Kier alpha value is -3.84. The Morgan fingerprint density at radius 1 is 1.21 bits per heavy atom. The van der Waals surface area contributed by atoms with E-state index in [1.165, 1.54) is 28.9 Å². The van der Waals surface area contributed by atoms with Crippen LogP contribution in [0.25, 0.3) is 5.69 Å². The molecule has 1 amide bonds. The smallest absolute Gasteiger partial charge is 0.272 e. The molecule has 2 aromatic carbocycles. The predicted molar refractivity (Wildman–Crippen MR) is 139 cm³/mol. The lowest BCUT2D eigenvalue weighted by molar-refractivity contribution is -0.385. The van der Waals surface area contributed by atoms with Crippen molar-refractivity contribution in [3.05, 3.63) is 69.7 Å². The fraction of sp³-hybridized carbons (Fsp3) is 0.360. The summed E-state index contributed by atoms with van der Waals surface area (Å²) < 4.78 is 50.1. The Kier molecular flexibility index (Phi) is 8.84. The Labute approximate surface area is 220 Å². The van der Waals surface area contributed by atoms with Crippen molar-refractivity contribution in [2.45, 2.75) is 52.0 Å². The zero-order valence-electron chi connectivity index (χ0n) is 21.7. The summed E-state index contributed by atoms with van der Waals surface area (Å²) in [6, 6.07) is 8.09. The molecule has 0 aliphatic carbocycles. The summed E-state index contributed by atoms with van der Waals surface area (Å²) in [5, 5.41) is 18.5. The van der Waals surface area contributed by atoms with Gasteiger partial charge in [-0.15, -0.1) is 0 Å². The van der Waals surface area contributed by atoms with E-state index in [1.807, 2.05) is 13.8 Å². The highest BCUT2D eigenvalue weighted by atomic mass is 32.2. The monoisotopic (exact) mass is 547 g/mol. The van der Waals surface area contributed by atoms with Crippen LogP contribution in [0, 0.1) is 28.8 Å². The summed E-state index contributed by atoms with van der Waals surface area (Å²) in [6.07, 6.45) is 0.477. The minimum Gasteiger partial charge on any atom is -0.437 e. The third-order valence-corrected chi connectivity index (χ3v) is 7.22. The predicted octanol–water partition coefficient (Wildman–Crippen LogP) is 4.48. The lowest BCUT2D eigenvalue weighted by Crippen LogP contribution is -2.32. The number of nitrogens with one attached hydrogen (secondary N) is 2. The van der Waals surface area contributed by atoms with Crippen molar-refractivity contribution in [1.82, 2.24) is 19.8 Å². The summed E-state index contributed by atoms with van der Waals surface area (Å²) in [7, 11) is -4.25. The van der Waals surface area contributed by atoms with Crippen LogP contribution in [0.1, 0.15) is 50.2 Å². The summed E-state index contributed by atoms with van der Waals surface area (Å²) in [5.41, 5.74) is 0.0158. The number of amides is 1. The van der Waals surface area contributed by atoms with Gasteiger partial charge in [-0.3, -0.25) is 14.9 Å². The van der Waals surface area contributed by atoms with Crippen molar-refractivity contribution >= 4 is 21.6 Å². The molecule has 0 fully saturated rings. The summed E-state index contributed by atoms with van der Waals surface area (Å²) >= 11 is 0. The lowest BCUT2D eigenvalue weighted by atomic mass is 10.2. The normalized spacial score (nSPS) is 12.4. The molecule has 11 nitrogen and oxygen atoms in total. The van der Waals surface area contributed by atoms with Gasteiger partial charge in [-0.05, 0) is 50.5 Å². The van der Waals surface area contributed by atoms with Gasteiger partial charge >= 0.3 is 0 Å². The molecular formula is C25H30FN5O6S. The molecule has 1 atom stereocenters. The van der Waals surface area contributed by atoms with Gasteiger partial charge in [0, 0.05) is 30.3 Å². The van der Waals surface area contributed by atoms with Gasteiger partial charge in [0.15, 0.2) is 5.69 Å². The molecule has 0 aliphatic rings. The maximum atomic E-state index is 14.1. The number of nitro groups is 1. The second kappa shape index (κ2) is 11.7. The van der Waals surface area contributed by atoms with Crippen LogP contribution in [0.3, 0.4) is 0 Å². The molecule has 0 saturated heterocycles. The number of halogens is 1. The number of rotatable bonds is 11. The van der Waals surface area contributed by atoms with Crippen molar-refractivity contribution in [2.75, 3.05) is 6.54 Å². The van der Waals surface area contributed by atoms with E-state index in [1.54, 1.807) is 20.8 Å². The number of sulfonamides is 1. The van der Waals surface area contributed by atoms with E-state index in [9.17, 15) is 27.7 Å². The molecule has 1 unspecified atom stereocenters. The SMILES string of the molecule is CCC(C)NS(=O)(=O)c1cc([N+](=O)[O-])ccc1Oc1c(C)c(C(=O)NCC(C)C)nn1-c1cccc(F)c1. The van der Waals surface area contributed by atoms with Gasteiger partial charge in [-0.25, -0.2) is 17.5 Å². The van der Waals surface area contributed by atoms with E-state index in [0.29, 0.717) is 13.0 Å². The zero-order valence-corrected chi connectivity index (χ0v) is 22.5. The van der Waals surface area contributed by atoms with Crippen molar-refractivity contribution in [3.63, 3.8) is 0 Å². The number of nitrogens with zero attached hydrogens (tertiary/aromatic N) is 3. The van der Waals surface area contributed by atoms with E-state index >= 15 is 0 Å². The van der Waals surface area contributed by atoms with Crippen molar-refractivity contribution in [1.29, 1.82) is 0 Å². The van der Waals surface area contributed by atoms with Crippen molar-refractivity contribution < 1.29 is 27.3 Å². The highest BCUT2D eigenvalue weighted by Crippen LogP contribution is 2.36. The van der Waals surface area contributed by atoms with Crippen molar-refractivity contribution in [2.24, 2.45) is 5.92 Å². The van der Waals surface area contributed by atoms with E-state index < -0.39 is 43.3 Å². The topological polar surface area (TPSA) is 145 Å². The number of carbonyl (C=O) groups is 1. The number of carbonyl (C=O) groups excluding carboxylic acids is 1. The molecule has 38 heavy (non-hydrogen) atoms. The average molecular weight is 548 g/mol. The third kappa shape index (κ3) is 6.53. The van der Waals surface area contributed by atoms with Gasteiger partial charge in [0.05, 0.1) is 10.6 Å². The molecule has 1 heterocycles. The Bertz CT molecular complexity index is 1450.